The first kappa shape index (κ1) is 13.6. The van der Waals surface area contributed by atoms with Crippen LogP contribution in [-0.2, 0) is 11.3 Å². The summed E-state index contributed by atoms with van der Waals surface area (Å²) in [6, 6.07) is 9.75. The van der Waals surface area contributed by atoms with Gasteiger partial charge in [-0.25, -0.2) is 0 Å². The number of carbonyl (C=O) groups is 1. The first-order valence-corrected chi connectivity index (χ1v) is 6.41. The Morgan fingerprint density at radius 1 is 1.37 bits per heavy atom. The van der Waals surface area contributed by atoms with Gasteiger partial charge in [-0.3, -0.25) is 9.69 Å². The van der Waals surface area contributed by atoms with Crippen molar-refractivity contribution in [2.45, 2.75) is 32.9 Å². The fraction of sp³-hybridized carbons (Fsp3) is 0.400. The summed E-state index contributed by atoms with van der Waals surface area (Å²) in [7, 11) is 0. The molecule has 0 bridgehead atoms. The van der Waals surface area contributed by atoms with Crippen LogP contribution < -0.4 is 0 Å². The molecule has 4 heteroatoms. The molecule has 102 valence electrons. The molecule has 0 fully saturated rings. The quantitative estimate of drug-likeness (QED) is 0.898. The van der Waals surface area contributed by atoms with E-state index in [1.807, 2.05) is 42.2 Å². The van der Waals surface area contributed by atoms with Gasteiger partial charge in [0.15, 0.2) is 0 Å². The molecule has 0 atom stereocenters. The first-order valence-electron chi connectivity index (χ1n) is 6.41. The van der Waals surface area contributed by atoms with Crippen LogP contribution in [0.2, 0.25) is 0 Å². The molecule has 19 heavy (non-hydrogen) atoms. The fourth-order valence-corrected chi connectivity index (χ4v) is 2.14. The summed E-state index contributed by atoms with van der Waals surface area (Å²) in [6.45, 7) is 6.51. The van der Waals surface area contributed by atoms with Crippen LogP contribution >= 0.6 is 0 Å². The summed E-state index contributed by atoms with van der Waals surface area (Å²) in [5.41, 5.74) is -0.0741. The van der Waals surface area contributed by atoms with Crippen molar-refractivity contribution in [3.63, 3.8) is 0 Å². The molecule has 0 aliphatic carbocycles. The lowest BCUT2D eigenvalue weighted by molar-refractivity contribution is -0.149. The Hall–Kier alpha value is -1.81. The molecule has 0 aliphatic rings. The normalized spacial score (nSPS) is 12.2. The number of para-hydroxylation sites is 1. The van der Waals surface area contributed by atoms with E-state index in [1.165, 1.54) is 0 Å². The number of hydrogen-bond donors (Lipinski definition) is 1. The third-order valence-corrected chi connectivity index (χ3v) is 3.52. The molecule has 0 unspecified atom stereocenters. The molecule has 2 aromatic rings. The monoisotopic (exact) mass is 261 g/mol. The van der Waals surface area contributed by atoms with Gasteiger partial charge in [0.25, 0.3) is 0 Å². The van der Waals surface area contributed by atoms with Crippen LogP contribution in [0.4, 0.5) is 0 Å². The number of likely N-dealkylation sites (N-methyl/N-ethyl adjacent to an activating group) is 1. The average molecular weight is 261 g/mol. The number of carboxylic acids is 1. The fourth-order valence-electron chi connectivity index (χ4n) is 2.14. The molecule has 0 radical (unpaired) electrons. The molecule has 0 spiro atoms. The number of carboxylic acid groups (broad SMARTS) is 1. The van der Waals surface area contributed by atoms with Crippen LogP contribution in [-0.4, -0.2) is 28.1 Å². The summed E-state index contributed by atoms with van der Waals surface area (Å²) < 4.78 is 5.74. The minimum Gasteiger partial charge on any atom is -0.480 e. The van der Waals surface area contributed by atoms with Crippen LogP contribution in [0, 0.1) is 0 Å². The number of hydrogen-bond acceptors (Lipinski definition) is 3. The molecule has 1 N–H and O–H groups in total. The van der Waals surface area contributed by atoms with Gasteiger partial charge in [-0.1, -0.05) is 25.1 Å². The van der Waals surface area contributed by atoms with Crippen LogP contribution in [0.15, 0.2) is 34.7 Å². The number of benzene rings is 1. The second kappa shape index (κ2) is 5.05. The third-order valence-electron chi connectivity index (χ3n) is 3.52. The van der Waals surface area contributed by atoms with E-state index in [0.717, 1.165) is 16.7 Å². The van der Waals surface area contributed by atoms with Crippen LogP contribution in [0.25, 0.3) is 11.0 Å². The van der Waals surface area contributed by atoms with E-state index in [1.54, 1.807) is 13.8 Å². The topological polar surface area (TPSA) is 53.7 Å². The maximum absolute atomic E-state index is 11.3. The van der Waals surface area contributed by atoms with E-state index in [0.29, 0.717) is 13.1 Å². The number of aliphatic carboxylic acids is 1. The highest BCUT2D eigenvalue weighted by molar-refractivity contribution is 5.78. The highest BCUT2D eigenvalue weighted by Crippen LogP contribution is 2.23. The van der Waals surface area contributed by atoms with Gasteiger partial charge in [-0.2, -0.15) is 0 Å². The summed E-state index contributed by atoms with van der Waals surface area (Å²) >= 11 is 0. The third kappa shape index (κ3) is 2.63. The predicted octanol–water partition coefficient (Wildman–Crippen LogP) is 3.12. The molecule has 1 aromatic heterocycles. The zero-order chi connectivity index (χ0) is 14.0. The standard InChI is InChI=1S/C15H19NO3/c1-4-16(15(2,3)14(17)18)10-12-9-11-7-5-6-8-13(11)19-12/h5-9H,4,10H2,1-3H3,(H,17,18). The van der Waals surface area contributed by atoms with Gasteiger partial charge in [-0.15, -0.1) is 0 Å². The van der Waals surface area contributed by atoms with Gasteiger partial charge < -0.3 is 9.52 Å². The second-order valence-electron chi connectivity index (χ2n) is 5.13. The second-order valence-corrected chi connectivity index (χ2v) is 5.13. The minimum atomic E-state index is -0.909. The molecule has 1 heterocycles. The number of fused-ring (bicyclic) bond motifs is 1. The van der Waals surface area contributed by atoms with E-state index in [4.69, 9.17) is 4.42 Å². The van der Waals surface area contributed by atoms with E-state index in [-0.39, 0.29) is 0 Å². The van der Waals surface area contributed by atoms with Crippen LogP contribution in [0.1, 0.15) is 26.5 Å². The number of nitrogens with zero attached hydrogens (tertiary/aromatic N) is 1. The van der Waals surface area contributed by atoms with Crippen molar-refractivity contribution in [1.82, 2.24) is 4.90 Å². The Morgan fingerprint density at radius 2 is 2.05 bits per heavy atom. The van der Waals surface area contributed by atoms with Crippen molar-refractivity contribution in [3.8, 4) is 0 Å². The Balaban J connectivity index is 2.25. The highest BCUT2D eigenvalue weighted by Gasteiger charge is 2.34. The van der Waals surface area contributed by atoms with Crippen LogP contribution in [0.3, 0.4) is 0 Å². The van der Waals surface area contributed by atoms with E-state index in [9.17, 15) is 9.90 Å². The number of rotatable bonds is 5. The molecule has 0 saturated carbocycles. The average Bonchev–Trinajstić information content (AvgIpc) is 2.77. The smallest absolute Gasteiger partial charge is 0.323 e. The van der Waals surface area contributed by atoms with Gasteiger partial charge in [0.05, 0.1) is 6.54 Å². The lowest BCUT2D eigenvalue weighted by Gasteiger charge is -2.33. The summed E-state index contributed by atoms with van der Waals surface area (Å²) in [5, 5.41) is 10.3. The molecule has 0 amide bonds. The van der Waals surface area contributed by atoms with Gasteiger partial charge >= 0.3 is 5.97 Å². The zero-order valence-corrected chi connectivity index (χ0v) is 11.5. The molecule has 1 aromatic carbocycles. The Labute approximate surface area is 112 Å². The zero-order valence-electron chi connectivity index (χ0n) is 11.5. The molecule has 2 rings (SSSR count). The van der Waals surface area contributed by atoms with Gasteiger partial charge in [0.1, 0.15) is 16.9 Å². The molecule has 0 aliphatic heterocycles. The van der Waals surface area contributed by atoms with E-state index in [2.05, 4.69) is 0 Å². The molecular formula is C15H19NO3. The van der Waals surface area contributed by atoms with Crippen LogP contribution in [0.5, 0.6) is 0 Å². The Kier molecular flexibility index (Phi) is 3.62. The van der Waals surface area contributed by atoms with Crippen molar-refractivity contribution >= 4 is 16.9 Å². The van der Waals surface area contributed by atoms with E-state index >= 15 is 0 Å². The number of furan rings is 1. The molecular weight excluding hydrogens is 242 g/mol. The van der Waals surface area contributed by atoms with Crippen molar-refractivity contribution in [2.24, 2.45) is 0 Å². The largest absolute Gasteiger partial charge is 0.480 e. The van der Waals surface area contributed by atoms with Gasteiger partial charge in [0.2, 0.25) is 0 Å². The lowest BCUT2D eigenvalue weighted by atomic mass is 10.0. The molecule has 0 saturated heterocycles. The maximum Gasteiger partial charge on any atom is 0.323 e. The lowest BCUT2D eigenvalue weighted by Crippen LogP contribution is -2.49. The summed E-state index contributed by atoms with van der Waals surface area (Å²) in [4.78, 5) is 13.2. The van der Waals surface area contributed by atoms with Crippen molar-refractivity contribution in [2.75, 3.05) is 6.54 Å². The molecule has 4 nitrogen and oxygen atoms in total. The maximum atomic E-state index is 11.3. The van der Waals surface area contributed by atoms with Crippen molar-refractivity contribution in [1.29, 1.82) is 0 Å². The SMILES string of the molecule is CCN(Cc1cc2ccccc2o1)C(C)(C)C(=O)O. The first-order chi connectivity index (χ1) is 8.95. The summed E-state index contributed by atoms with van der Waals surface area (Å²) in [5.74, 6) is -0.0390. The summed E-state index contributed by atoms with van der Waals surface area (Å²) in [6.07, 6.45) is 0. The van der Waals surface area contributed by atoms with Gasteiger partial charge in [0, 0.05) is 5.39 Å². The Bertz CT molecular complexity index is 553. The minimum absolute atomic E-state index is 0.491. The predicted molar refractivity (Wildman–Crippen MR) is 74.0 cm³/mol. The van der Waals surface area contributed by atoms with E-state index < -0.39 is 11.5 Å². The highest BCUT2D eigenvalue weighted by atomic mass is 16.4. The Morgan fingerprint density at radius 3 is 2.63 bits per heavy atom. The van der Waals surface area contributed by atoms with Gasteiger partial charge in [-0.05, 0) is 32.5 Å². The van der Waals surface area contributed by atoms with Crippen molar-refractivity contribution < 1.29 is 14.3 Å². The van der Waals surface area contributed by atoms with Crippen molar-refractivity contribution in [3.05, 3.63) is 36.1 Å².